The number of rotatable bonds is 5. The lowest BCUT2D eigenvalue weighted by Gasteiger charge is -2.19. The zero-order valence-electron chi connectivity index (χ0n) is 20.2. The zero-order chi connectivity index (χ0) is 24.9. The zero-order valence-corrected chi connectivity index (χ0v) is 21.0. The van der Waals surface area contributed by atoms with Crippen molar-refractivity contribution >= 4 is 40.5 Å². The van der Waals surface area contributed by atoms with E-state index >= 15 is 0 Å². The molecule has 3 aromatic rings. The van der Waals surface area contributed by atoms with Crippen LogP contribution in [-0.4, -0.2) is 16.9 Å². The van der Waals surface area contributed by atoms with Crippen molar-refractivity contribution in [2.45, 2.75) is 46.0 Å². The number of carbonyl (C=O) groups excluding carboxylic acids is 2. The van der Waals surface area contributed by atoms with Crippen molar-refractivity contribution in [3.8, 4) is 0 Å². The number of hydrogen-bond donors (Lipinski definition) is 3. The van der Waals surface area contributed by atoms with Crippen LogP contribution in [-0.2, 0) is 5.41 Å². The van der Waals surface area contributed by atoms with Gasteiger partial charge in [-0.05, 0) is 83.2 Å². The Morgan fingerprint density at radius 2 is 1.18 bits per heavy atom. The average Bonchev–Trinajstić information content (AvgIpc) is 2.79. The summed E-state index contributed by atoms with van der Waals surface area (Å²) in [6.45, 7) is 10.6. The standard InChI is InChI=1S/C28H31N3O2S/c1-18(2)19-6-8-20(9-7-19)26(33)31-27(34)30-24-16-14-23(15-17-24)29-25(32)21-10-12-22(13-11-21)28(3,4)5/h6-18H,1-5H3,(H,29,32)(H2,30,31,33,34). The van der Waals surface area contributed by atoms with Gasteiger partial charge in [0.05, 0.1) is 0 Å². The lowest BCUT2D eigenvalue weighted by atomic mass is 9.87. The first kappa shape index (κ1) is 25.1. The molecular formula is C28H31N3O2S. The third kappa shape index (κ3) is 6.75. The van der Waals surface area contributed by atoms with E-state index in [0.717, 1.165) is 0 Å². The molecule has 0 saturated carbocycles. The number of amides is 2. The Morgan fingerprint density at radius 1 is 0.706 bits per heavy atom. The predicted octanol–water partition coefficient (Wildman–Crippen LogP) is 6.49. The lowest BCUT2D eigenvalue weighted by molar-refractivity contribution is 0.0976. The maximum absolute atomic E-state index is 12.6. The van der Waals surface area contributed by atoms with Gasteiger partial charge in [0, 0.05) is 22.5 Å². The summed E-state index contributed by atoms with van der Waals surface area (Å²) in [5.74, 6) is -0.0387. The summed E-state index contributed by atoms with van der Waals surface area (Å²) >= 11 is 5.27. The number of carbonyl (C=O) groups is 2. The molecule has 0 spiro atoms. The minimum absolute atomic E-state index is 0.0380. The van der Waals surface area contributed by atoms with E-state index in [4.69, 9.17) is 12.2 Å². The first-order valence-corrected chi connectivity index (χ1v) is 11.7. The van der Waals surface area contributed by atoms with Crippen LogP contribution >= 0.6 is 12.2 Å². The Hall–Kier alpha value is -3.51. The van der Waals surface area contributed by atoms with Crippen molar-refractivity contribution in [3.63, 3.8) is 0 Å². The molecule has 2 amide bonds. The van der Waals surface area contributed by atoms with E-state index in [1.807, 2.05) is 36.4 Å². The molecule has 0 fully saturated rings. The maximum atomic E-state index is 12.6. The van der Waals surface area contributed by atoms with Crippen LogP contribution in [0.1, 0.15) is 72.4 Å². The van der Waals surface area contributed by atoms with Crippen LogP contribution in [0.5, 0.6) is 0 Å². The van der Waals surface area contributed by atoms with Crippen molar-refractivity contribution in [2.24, 2.45) is 0 Å². The average molecular weight is 474 g/mol. The SMILES string of the molecule is CC(C)c1ccc(C(=O)NC(=S)Nc2ccc(NC(=O)c3ccc(C(C)(C)C)cc3)cc2)cc1. The van der Waals surface area contributed by atoms with Crippen molar-refractivity contribution in [1.82, 2.24) is 5.32 Å². The summed E-state index contributed by atoms with van der Waals surface area (Å²) < 4.78 is 0. The van der Waals surface area contributed by atoms with Crippen LogP contribution in [0, 0.1) is 0 Å². The molecule has 0 unspecified atom stereocenters. The molecule has 0 aromatic heterocycles. The molecule has 3 aromatic carbocycles. The molecule has 3 N–H and O–H groups in total. The van der Waals surface area contributed by atoms with Crippen LogP contribution in [0.2, 0.25) is 0 Å². The summed E-state index contributed by atoms with van der Waals surface area (Å²) in [6, 6.07) is 22.2. The smallest absolute Gasteiger partial charge is 0.257 e. The molecule has 6 heteroatoms. The van der Waals surface area contributed by atoms with Crippen molar-refractivity contribution in [2.75, 3.05) is 10.6 Å². The minimum Gasteiger partial charge on any atom is -0.332 e. The number of thiocarbonyl (C=S) groups is 1. The molecular weight excluding hydrogens is 442 g/mol. The van der Waals surface area contributed by atoms with Gasteiger partial charge in [0.1, 0.15) is 0 Å². The Labute approximate surface area is 207 Å². The molecule has 0 aliphatic rings. The fraction of sp³-hybridized carbons (Fsp3) is 0.250. The second kappa shape index (κ2) is 10.6. The number of benzene rings is 3. The lowest BCUT2D eigenvalue weighted by Crippen LogP contribution is -2.34. The van der Waals surface area contributed by atoms with Crippen LogP contribution in [0.4, 0.5) is 11.4 Å². The Morgan fingerprint density at radius 3 is 1.68 bits per heavy atom. The highest BCUT2D eigenvalue weighted by molar-refractivity contribution is 7.80. The summed E-state index contributed by atoms with van der Waals surface area (Å²) in [6.07, 6.45) is 0. The van der Waals surface area contributed by atoms with E-state index in [2.05, 4.69) is 50.6 Å². The Kier molecular flexibility index (Phi) is 7.84. The molecule has 0 aliphatic carbocycles. The Bertz CT molecular complexity index is 1160. The molecule has 0 saturated heterocycles. The molecule has 0 aliphatic heterocycles. The van der Waals surface area contributed by atoms with Gasteiger partial charge in [0.15, 0.2) is 5.11 Å². The van der Waals surface area contributed by atoms with E-state index in [0.29, 0.717) is 28.4 Å². The number of hydrogen-bond acceptors (Lipinski definition) is 3. The predicted molar refractivity (Wildman–Crippen MR) is 144 cm³/mol. The van der Waals surface area contributed by atoms with Crippen molar-refractivity contribution in [1.29, 1.82) is 0 Å². The van der Waals surface area contributed by atoms with E-state index < -0.39 is 0 Å². The second-order valence-corrected chi connectivity index (χ2v) is 9.95. The third-order valence-corrected chi connectivity index (χ3v) is 5.68. The number of nitrogens with one attached hydrogen (secondary N) is 3. The van der Waals surface area contributed by atoms with Gasteiger partial charge in [-0.1, -0.05) is 58.9 Å². The second-order valence-electron chi connectivity index (χ2n) is 9.54. The van der Waals surface area contributed by atoms with Gasteiger partial charge in [-0.2, -0.15) is 0 Å². The Balaban J connectivity index is 1.54. The first-order valence-electron chi connectivity index (χ1n) is 11.3. The molecule has 0 atom stereocenters. The summed E-state index contributed by atoms with van der Waals surface area (Å²) in [5.41, 5.74) is 4.89. The largest absolute Gasteiger partial charge is 0.332 e. The number of anilines is 2. The van der Waals surface area contributed by atoms with Gasteiger partial charge in [-0.15, -0.1) is 0 Å². The summed E-state index contributed by atoms with van der Waals surface area (Å²) in [5, 5.41) is 8.78. The van der Waals surface area contributed by atoms with Crippen LogP contribution in [0.25, 0.3) is 0 Å². The monoisotopic (exact) mass is 473 g/mol. The van der Waals surface area contributed by atoms with Crippen LogP contribution in [0.3, 0.4) is 0 Å². The van der Waals surface area contributed by atoms with Gasteiger partial charge in [-0.25, -0.2) is 0 Å². The highest BCUT2D eigenvalue weighted by Crippen LogP contribution is 2.23. The van der Waals surface area contributed by atoms with Gasteiger partial charge in [-0.3, -0.25) is 14.9 Å². The maximum Gasteiger partial charge on any atom is 0.257 e. The van der Waals surface area contributed by atoms with E-state index in [1.165, 1.54) is 11.1 Å². The molecule has 0 bridgehead atoms. The highest BCUT2D eigenvalue weighted by atomic mass is 32.1. The molecule has 34 heavy (non-hydrogen) atoms. The molecule has 3 rings (SSSR count). The summed E-state index contributed by atoms with van der Waals surface area (Å²) in [7, 11) is 0. The van der Waals surface area contributed by atoms with Crippen molar-refractivity contribution < 1.29 is 9.59 Å². The topological polar surface area (TPSA) is 70.2 Å². The fourth-order valence-electron chi connectivity index (χ4n) is 3.32. The third-order valence-electron chi connectivity index (χ3n) is 5.48. The molecule has 176 valence electrons. The van der Waals surface area contributed by atoms with Gasteiger partial charge in [0.2, 0.25) is 0 Å². The van der Waals surface area contributed by atoms with E-state index in [9.17, 15) is 9.59 Å². The van der Waals surface area contributed by atoms with Crippen molar-refractivity contribution in [3.05, 3.63) is 95.1 Å². The van der Waals surface area contributed by atoms with Crippen LogP contribution in [0.15, 0.2) is 72.8 Å². The van der Waals surface area contributed by atoms with Crippen LogP contribution < -0.4 is 16.0 Å². The minimum atomic E-state index is -0.269. The van der Waals surface area contributed by atoms with E-state index in [-0.39, 0.29) is 22.3 Å². The fourth-order valence-corrected chi connectivity index (χ4v) is 3.53. The molecule has 0 heterocycles. The van der Waals surface area contributed by atoms with Gasteiger partial charge >= 0.3 is 0 Å². The van der Waals surface area contributed by atoms with Gasteiger partial charge < -0.3 is 10.6 Å². The van der Waals surface area contributed by atoms with E-state index in [1.54, 1.807) is 36.4 Å². The first-order chi connectivity index (χ1) is 16.0. The quantitative estimate of drug-likeness (QED) is 0.371. The molecule has 5 nitrogen and oxygen atoms in total. The molecule has 0 radical (unpaired) electrons. The highest BCUT2D eigenvalue weighted by Gasteiger charge is 2.14. The normalized spacial score (nSPS) is 11.1. The summed E-state index contributed by atoms with van der Waals surface area (Å²) in [4.78, 5) is 25.0. The van der Waals surface area contributed by atoms with Gasteiger partial charge in [0.25, 0.3) is 11.8 Å².